The smallest absolute Gasteiger partial charge is 0.282 e. The minimum absolute atomic E-state index is 0.0601. The summed E-state index contributed by atoms with van der Waals surface area (Å²) in [5.74, 6) is 1.11. The summed E-state index contributed by atoms with van der Waals surface area (Å²) in [4.78, 5) is 11.9. The Hall–Kier alpha value is -3.38. The van der Waals surface area contributed by atoms with E-state index in [1.165, 1.54) is 5.56 Å². The number of benzene rings is 3. The van der Waals surface area contributed by atoms with Crippen LogP contribution in [0.25, 0.3) is 35.3 Å². The predicted octanol–water partition coefficient (Wildman–Crippen LogP) is 6.75. The number of rotatable bonds is 12. The third kappa shape index (κ3) is 7.82. The van der Waals surface area contributed by atoms with Gasteiger partial charge in [0.1, 0.15) is 0 Å². The van der Waals surface area contributed by atoms with Crippen LogP contribution in [-0.2, 0) is 18.4 Å². The van der Waals surface area contributed by atoms with E-state index >= 15 is 0 Å². The van der Waals surface area contributed by atoms with Crippen LogP contribution in [0.5, 0.6) is 0 Å². The zero-order valence-corrected chi connectivity index (χ0v) is 23.8. The lowest BCUT2D eigenvalue weighted by molar-refractivity contribution is -0.647. The molecule has 39 heavy (non-hydrogen) atoms. The fraction of sp³-hybridized carbons (Fsp3) is 0.250. The highest BCUT2D eigenvalue weighted by atomic mass is 35.5. The van der Waals surface area contributed by atoms with E-state index in [9.17, 15) is 4.79 Å². The van der Waals surface area contributed by atoms with Crippen LogP contribution >= 0.6 is 23.2 Å². The molecule has 1 heterocycles. The number of halogens is 2. The number of nitrogens with zero attached hydrogens (tertiary/aromatic N) is 2. The van der Waals surface area contributed by atoms with Crippen LogP contribution in [0.2, 0.25) is 10.0 Å². The van der Waals surface area contributed by atoms with Crippen LogP contribution in [0.3, 0.4) is 0 Å². The van der Waals surface area contributed by atoms with E-state index < -0.39 is 0 Å². The molecule has 7 heteroatoms. The molecule has 5 nitrogen and oxygen atoms in total. The van der Waals surface area contributed by atoms with Crippen molar-refractivity contribution in [1.82, 2.24) is 9.88 Å². The lowest BCUT2D eigenvalue weighted by Crippen LogP contribution is -2.31. The van der Waals surface area contributed by atoms with E-state index in [0.717, 1.165) is 53.8 Å². The van der Waals surface area contributed by atoms with Crippen LogP contribution in [0.15, 0.2) is 66.7 Å². The van der Waals surface area contributed by atoms with Crippen LogP contribution < -0.4 is 15.6 Å². The molecule has 1 aromatic heterocycles. The fourth-order valence-corrected chi connectivity index (χ4v) is 4.87. The maximum absolute atomic E-state index is 11.9. The molecular formula is C32H35Cl2N4O+. The molecule has 0 saturated carbocycles. The van der Waals surface area contributed by atoms with Gasteiger partial charge in [-0.2, -0.15) is 0 Å². The maximum Gasteiger partial charge on any atom is 0.282 e. The summed E-state index contributed by atoms with van der Waals surface area (Å²) >= 11 is 12.8. The zero-order valence-electron chi connectivity index (χ0n) is 22.2. The van der Waals surface area contributed by atoms with E-state index in [1.54, 1.807) is 0 Å². The number of aromatic nitrogens is 2. The Kier molecular flexibility index (Phi) is 10.4. The number of aryl methyl sites for hydroxylation is 2. The van der Waals surface area contributed by atoms with E-state index in [0.29, 0.717) is 29.6 Å². The molecule has 3 aromatic carbocycles. The van der Waals surface area contributed by atoms with Gasteiger partial charge in [0, 0.05) is 37.7 Å². The summed E-state index contributed by atoms with van der Waals surface area (Å²) in [7, 11) is 2.04. The minimum Gasteiger partial charge on any atom is -0.355 e. The second-order valence-electron chi connectivity index (χ2n) is 9.52. The van der Waals surface area contributed by atoms with E-state index in [1.807, 2.05) is 37.4 Å². The van der Waals surface area contributed by atoms with E-state index in [4.69, 9.17) is 28.9 Å². The Bertz CT molecular complexity index is 1460. The first-order valence-corrected chi connectivity index (χ1v) is 14.1. The number of fused-ring (bicyclic) bond motifs is 1. The van der Waals surface area contributed by atoms with Crippen LogP contribution in [-0.4, -0.2) is 23.6 Å². The van der Waals surface area contributed by atoms with Gasteiger partial charge < -0.3 is 11.1 Å². The summed E-state index contributed by atoms with van der Waals surface area (Å²) in [5, 5.41) is 3.90. The summed E-state index contributed by atoms with van der Waals surface area (Å²) in [6, 6.07) is 22.6. The summed E-state index contributed by atoms with van der Waals surface area (Å²) in [5.41, 5.74) is 11.0. The molecule has 0 aliphatic carbocycles. The molecule has 1 amide bonds. The number of hydrogen-bond acceptors (Lipinski definition) is 2. The molecule has 0 atom stereocenters. The topological polar surface area (TPSA) is 63.9 Å². The van der Waals surface area contributed by atoms with Crippen molar-refractivity contribution in [2.24, 2.45) is 12.8 Å². The molecule has 0 fully saturated rings. The number of carbonyl (C=O) groups is 1. The van der Waals surface area contributed by atoms with Crippen LogP contribution in [0.1, 0.15) is 48.2 Å². The molecule has 0 bridgehead atoms. The monoisotopic (exact) mass is 561 g/mol. The maximum atomic E-state index is 11.9. The van der Waals surface area contributed by atoms with Gasteiger partial charge in [-0.15, -0.1) is 0 Å². The van der Waals surface area contributed by atoms with Gasteiger partial charge in [-0.05, 0) is 42.0 Å². The molecule has 3 N–H and O–H groups in total. The van der Waals surface area contributed by atoms with E-state index in [-0.39, 0.29) is 5.91 Å². The predicted molar refractivity (Wildman–Crippen MR) is 164 cm³/mol. The van der Waals surface area contributed by atoms with Crippen molar-refractivity contribution in [2.75, 3.05) is 13.1 Å². The summed E-state index contributed by atoms with van der Waals surface area (Å²) < 4.78 is 4.42. The first kappa shape index (κ1) is 28.6. The van der Waals surface area contributed by atoms with Crippen molar-refractivity contribution >= 4 is 64.4 Å². The molecule has 0 aliphatic heterocycles. The Morgan fingerprint density at radius 2 is 1.49 bits per heavy atom. The Labute approximate surface area is 240 Å². The largest absolute Gasteiger partial charge is 0.355 e. The molecule has 4 aromatic rings. The average Bonchev–Trinajstić information content (AvgIpc) is 3.20. The third-order valence-corrected chi connectivity index (χ3v) is 7.39. The van der Waals surface area contributed by atoms with Crippen molar-refractivity contribution < 1.29 is 9.36 Å². The number of hydrogen-bond donors (Lipinski definition) is 2. The number of imidazole rings is 1. The molecule has 0 unspecified atom stereocenters. The normalized spacial score (nSPS) is 11.7. The number of unbranched alkanes of at least 4 members (excludes halogenated alkanes) is 2. The average molecular weight is 563 g/mol. The fourth-order valence-electron chi connectivity index (χ4n) is 4.55. The lowest BCUT2D eigenvalue weighted by Gasteiger charge is -2.04. The van der Waals surface area contributed by atoms with Crippen LogP contribution in [0.4, 0.5) is 0 Å². The van der Waals surface area contributed by atoms with Gasteiger partial charge in [0.05, 0.1) is 23.6 Å². The quantitative estimate of drug-likeness (QED) is 0.114. The van der Waals surface area contributed by atoms with Crippen molar-refractivity contribution in [1.29, 1.82) is 0 Å². The van der Waals surface area contributed by atoms with Crippen molar-refractivity contribution in [3.8, 4) is 0 Å². The van der Waals surface area contributed by atoms with Crippen molar-refractivity contribution in [2.45, 2.75) is 32.2 Å². The minimum atomic E-state index is 0.0601. The van der Waals surface area contributed by atoms with Crippen LogP contribution in [0, 0.1) is 0 Å². The second-order valence-corrected chi connectivity index (χ2v) is 10.3. The Balaban J connectivity index is 1.49. The zero-order chi connectivity index (χ0) is 27.6. The van der Waals surface area contributed by atoms with Gasteiger partial charge in [-0.1, -0.05) is 90.0 Å². The first-order chi connectivity index (χ1) is 19.0. The van der Waals surface area contributed by atoms with Crippen molar-refractivity contribution in [3.05, 3.63) is 99.3 Å². The Morgan fingerprint density at radius 3 is 2.15 bits per heavy atom. The number of nitrogens with one attached hydrogen (secondary N) is 1. The van der Waals surface area contributed by atoms with Gasteiger partial charge in [-0.25, -0.2) is 9.13 Å². The Morgan fingerprint density at radius 1 is 0.872 bits per heavy atom. The van der Waals surface area contributed by atoms with Gasteiger partial charge in [-0.3, -0.25) is 4.79 Å². The molecule has 0 saturated heterocycles. The highest BCUT2D eigenvalue weighted by Crippen LogP contribution is 2.28. The molecule has 0 spiro atoms. The van der Waals surface area contributed by atoms with Gasteiger partial charge in [0.25, 0.3) is 5.82 Å². The SMILES string of the molecule is C[n+]1c(/C=C/c2ccc(/C=C/c3ccccc3)cc2)n(CCCCCC(=O)NCCN)c2cc(Cl)c(Cl)cc21. The molecular weight excluding hydrogens is 527 g/mol. The second kappa shape index (κ2) is 14.1. The molecule has 202 valence electrons. The van der Waals surface area contributed by atoms with Gasteiger partial charge in [0.2, 0.25) is 5.91 Å². The summed E-state index contributed by atoms with van der Waals surface area (Å²) in [6.45, 7) is 1.79. The molecule has 0 radical (unpaired) electrons. The highest BCUT2D eigenvalue weighted by molar-refractivity contribution is 6.42. The van der Waals surface area contributed by atoms with Gasteiger partial charge >= 0.3 is 0 Å². The number of amides is 1. The van der Waals surface area contributed by atoms with Gasteiger partial charge in [0.15, 0.2) is 11.0 Å². The molecule has 4 rings (SSSR count). The lowest BCUT2D eigenvalue weighted by atomic mass is 10.1. The number of nitrogens with two attached hydrogens (primary N) is 1. The standard InChI is InChI=1S/C32H34Cl2N4O/c1-37-29-22-27(33)28(34)23-30(29)38(21-7-3-6-10-31(39)36-20-19-35)32(37)18-17-26-15-13-25(14-16-26)12-11-24-8-4-2-5-9-24/h2,4-5,8-9,11-18,22-23H,3,6-7,10,19-21,35H2,1H3/p+1/b12-11+,18-17+. The first-order valence-electron chi connectivity index (χ1n) is 13.3. The highest BCUT2D eigenvalue weighted by Gasteiger charge is 2.22. The number of carbonyl (C=O) groups excluding carboxylic acids is 1. The third-order valence-electron chi connectivity index (χ3n) is 6.67. The summed E-state index contributed by atoms with van der Waals surface area (Å²) in [6.07, 6.45) is 11.7. The van der Waals surface area contributed by atoms with Crippen molar-refractivity contribution in [3.63, 3.8) is 0 Å². The molecule has 0 aliphatic rings. The van der Waals surface area contributed by atoms with E-state index in [2.05, 4.69) is 75.2 Å².